The highest BCUT2D eigenvalue weighted by atomic mass is 35.5. The van der Waals surface area contributed by atoms with Crippen molar-refractivity contribution in [3.63, 3.8) is 0 Å². The molecule has 25 heavy (non-hydrogen) atoms. The molecular weight excluding hydrogens is 342 g/mol. The second-order valence-electron chi connectivity index (χ2n) is 5.55. The lowest BCUT2D eigenvalue weighted by atomic mass is 10.2. The summed E-state index contributed by atoms with van der Waals surface area (Å²) in [5.41, 5.74) is 2.18. The SMILES string of the molecule is Cc1cc(OCn2ccc(C(=O)NCc3ccnn3C)n2)ccc1Cl. The summed E-state index contributed by atoms with van der Waals surface area (Å²) in [6, 6.07) is 8.93. The van der Waals surface area contributed by atoms with Crippen molar-refractivity contribution in [1.29, 1.82) is 0 Å². The fraction of sp³-hybridized carbons (Fsp3) is 0.235. The second-order valence-corrected chi connectivity index (χ2v) is 5.96. The Balaban J connectivity index is 1.55. The summed E-state index contributed by atoms with van der Waals surface area (Å²) >= 11 is 5.99. The number of carbonyl (C=O) groups is 1. The van der Waals surface area contributed by atoms with Crippen LogP contribution in [0.2, 0.25) is 5.02 Å². The van der Waals surface area contributed by atoms with Gasteiger partial charge in [0.2, 0.25) is 0 Å². The van der Waals surface area contributed by atoms with Crippen LogP contribution >= 0.6 is 11.6 Å². The molecule has 0 aliphatic rings. The molecule has 1 N–H and O–H groups in total. The molecule has 0 aliphatic heterocycles. The topological polar surface area (TPSA) is 74.0 Å². The van der Waals surface area contributed by atoms with Crippen LogP contribution in [0.25, 0.3) is 0 Å². The third-order valence-corrected chi connectivity index (χ3v) is 4.14. The Morgan fingerprint density at radius 1 is 1.32 bits per heavy atom. The summed E-state index contributed by atoms with van der Waals surface area (Å²) in [5, 5.41) is 11.8. The van der Waals surface area contributed by atoms with Crippen LogP contribution in [0.3, 0.4) is 0 Å². The Morgan fingerprint density at radius 2 is 2.16 bits per heavy atom. The highest BCUT2D eigenvalue weighted by molar-refractivity contribution is 6.31. The summed E-state index contributed by atoms with van der Waals surface area (Å²) in [5.74, 6) is 0.446. The fourth-order valence-corrected chi connectivity index (χ4v) is 2.36. The largest absolute Gasteiger partial charge is 0.471 e. The minimum atomic E-state index is -0.248. The van der Waals surface area contributed by atoms with Crippen molar-refractivity contribution in [1.82, 2.24) is 24.9 Å². The first-order valence-electron chi connectivity index (χ1n) is 7.70. The van der Waals surface area contributed by atoms with Gasteiger partial charge >= 0.3 is 0 Å². The van der Waals surface area contributed by atoms with Gasteiger partial charge in [-0.1, -0.05) is 11.6 Å². The number of benzene rings is 1. The van der Waals surface area contributed by atoms with Gasteiger partial charge < -0.3 is 10.1 Å². The maximum Gasteiger partial charge on any atom is 0.272 e. The number of aromatic nitrogens is 4. The summed E-state index contributed by atoms with van der Waals surface area (Å²) in [7, 11) is 1.83. The van der Waals surface area contributed by atoms with Crippen LogP contribution in [0, 0.1) is 6.92 Å². The van der Waals surface area contributed by atoms with E-state index in [4.69, 9.17) is 16.3 Å². The first-order chi connectivity index (χ1) is 12.0. The van der Waals surface area contributed by atoms with Crippen LogP contribution < -0.4 is 10.1 Å². The Morgan fingerprint density at radius 3 is 2.88 bits per heavy atom. The van der Waals surface area contributed by atoms with E-state index in [1.165, 1.54) is 0 Å². The molecule has 0 aliphatic carbocycles. The zero-order valence-electron chi connectivity index (χ0n) is 13.9. The maximum atomic E-state index is 12.1. The van der Waals surface area contributed by atoms with Crippen LogP contribution in [0.15, 0.2) is 42.7 Å². The van der Waals surface area contributed by atoms with Gasteiger partial charge in [0.1, 0.15) is 11.4 Å². The standard InChI is InChI=1S/C17H18ClN5O2/c1-12-9-14(3-4-15(12)18)25-11-23-8-6-16(21-23)17(24)19-10-13-5-7-20-22(13)2/h3-9H,10-11H2,1-2H3,(H,19,24). The molecule has 7 nitrogen and oxygen atoms in total. The van der Waals surface area contributed by atoms with Gasteiger partial charge in [-0.2, -0.15) is 10.2 Å². The number of nitrogens with one attached hydrogen (secondary N) is 1. The molecule has 2 heterocycles. The van der Waals surface area contributed by atoms with E-state index in [-0.39, 0.29) is 12.6 Å². The van der Waals surface area contributed by atoms with Gasteiger partial charge in [-0.3, -0.25) is 9.48 Å². The minimum absolute atomic E-state index is 0.204. The summed E-state index contributed by atoms with van der Waals surface area (Å²) < 4.78 is 8.92. The minimum Gasteiger partial charge on any atom is -0.471 e. The molecule has 0 atom stereocenters. The van der Waals surface area contributed by atoms with Gasteiger partial charge in [-0.25, -0.2) is 4.68 Å². The number of amides is 1. The van der Waals surface area contributed by atoms with Crippen LogP contribution in [0.1, 0.15) is 21.7 Å². The molecule has 0 unspecified atom stereocenters. The van der Waals surface area contributed by atoms with Crippen LogP contribution in [0.4, 0.5) is 0 Å². The lowest BCUT2D eigenvalue weighted by Crippen LogP contribution is -2.24. The molecule has 0 saturated heterocycles. The molecule has 0 bridgehead atoms. The highest BCUT2D eigenvalue weighted by Gasteiger charge is 2.10. The molecule has 8 heteroatoms. The van der Waals surface area contributed by atoms with E-state index in [1.54, 1.807) is 40.0 Å². The Kier molecular flexibility index (Phi) is 5.04. The quantitative estimate of drug-likeness (QED) is 0.734. The number of hydrogen-bond acceptors (Lipinski definition) is 4. The van der Waals surface area contributed by atoms with Gasteiger partial charge in [0, 0.05) is 24.5 Å². The van der Waals surface area contributed by atoms with Crippen molar-refractivity contribution < 1.29 is 9.53 Å². The fourth-order valence-electron chi connectivity index (χ4n) is 2.24. The first kappa shape index (κ1) is 17.0. The predicted molar refractivity (Wildman–Crippen MR) is 93.4 cm³/mol. The van der Waals surface area contributed by atoms with E-state index >= 15 is 0 Å². The zero-order valence-corrected chi connectivity index (χ0v) is 14.7. The molecule has 0 spiro atoms. The monoisotopic (exact) mass is 359 g/mol. The summed E-state index contributed by atoms with van der Waals surface area (Å²) in [6.45, 7) is 2.51. The smallest absolute Gasteiger partial charge is 0.272 e. The zero-order chi connectivity index (χ0) is 17.8. The summed E-state index contributed by atoms with van der Waals surface area (Å²) in [4.78, 5) is 12.1. The molecule has 130 valence electrons. The van der Waals surface area contributed by atoms with Gasteiger partial charge in [-0.15, -0.1) is 0 Å². The molecule has 0 fully saturated rings. The highest BCUT2D eigenvalue weighted by Crippen LogP contribution is 2.21. The lowest BCUT2D eigenvalue weighted by Gasteiger charge is -2.07. The third kappa shape index (κ3) is 4.19. The van der Waals surface area contributed by atoms with E-state index in [0.717, 1.165) is 11.3 Å². The average Bonchev–Trinajstić information content (AvgIpc) is 3.23. The van der Waals surface area contributed by atoms with Crippen molar-refractivity contribution in [3.05, 3.63) is 64.7 Å². The summed E-state index contributed by atoms with van der Waals surface area (Å²) in [6.07, 6.45) is 3.38. The Bertz CT molecular complexity index is 887. The molecular formula is C17H18ClN5O2. The van der Waals surface area contributed by atoms with E-state index < -0.39 is 0 Å². The van der Waals surface area contributed by atoms with Crippen molar-refractivity contribution >= 4 is 17.5 Å². The van der Waals surface area contributed by atoms with Gasteiger partial charge in [-0.05, 0) is 42.8 Å². The van der Waals surface area contributed by atoms with Crippen molar-refractivity contribution in [2.75, 3.05) is 0 Å². The number of rotatable bonds is 6. The second kappa shape index (κ2) is 7.40. The molecule has 2 aromatic heterocycles. The number of carbonyl (C=O) groups excluding carboxylic acids is 1. The van der Waals surface area contributed by atoms with Crippen LogP contribution in [-0.4, -0.2) is 25.5 Å². The van der Waals surface area contributed by atoms with E-state index in [0.29, 0.717) is 23.0 Å². The lowest BCUT2D eigenvalue weighted by molar-refractivity contribution is 0.0943. The predicted octanol–water partition coefficient (Wildman–Crippen LogP) is 2.54. The number of hydrogen-bond donors (Lipinski definition) is 1. The molecule has 3 rings (SSSR count). The van der Waals surface area contributed by atoms with Gasteiger partial charge in [0.25, 0.3) is 5.91 Å². The first-order valence-corrected chi connectivity index (χ1v) is 8.08. The molecule has 3 aromatic rings. The molecule has 0 radical (unpaired) electrons. The molecule has 1 amide bonds. The maximum absolute atomic E-state index is 12.1. The van der Waals surface area contributed by atoms with E-state index in [9.17, 15) is 4.79 Å². The van der Waals surface area contributed by atoms with Crippen LogP contribution in [0.5, 0.6) is 5.75 Å². The molecule has 0 saturated carbocycles. The third-order valence-electron chi connectivity index (χ3n) is 3.72. The van der Waals surface area contributed by atoms with E-state index in [1.807, 2.05) is 26.1 Å². The Hall–Kier alpha value is -2.80. The van der Waals surface area contributed by atoms with E-state index in [2.05, 4.69) is 15.5 Å². The number of aryl methyl sites for hydroxylation is 2. The average molecular weight is 360 g/mol. The normalized spacial score (nSPS) is 10.7. The number of halogens is 1. The van der Waals surface area contributed by atoms with Crippen LogP contribution in [-0.2, 0) is 20.3 Å². The van der Waals surface area contributed by atoms with Gasteiger partial charge in [0.05, 0.1) is 12.2 Å². The number of nitrogens with zero attached hydrogens (tertiary/aromatic N) is 4. The van der Waals surface area contributed by atoms with Crippen molar-refractivity contribution in [2.45, 2.75) is 20.2 Å². The molecule has 1 aromatic carbocycles. The van der Waals surface area contributed by atoms with Gasteiger partial charge in [0.15, 0.2) is 6.73 Å². The van der Waals surface area contributed by atoms with Crippen molar-refractivity contribution in [3.8, 4) is 5.75 Å². The Labute approximate surface area is 150 Å². The number of ether oxygens (including phenoxy) is 1. The van der Waals surface area contributed by atoms with Crippen molar-refractivity contribution in [2.24, 2.45) is 7.05 Å².